The van der Waals surface area contributed by atoms with Gasteiger partial charge in [0, 0.05) is 6.54 Å². The van der Waals surface area contributed by atoms with Crippen molar-refractivity contribution in [3.63, 3.8) is 0 Å². The lowest BCUT2D eigenvalue weighted by Crippen LogP contribution is -2.36. The summed E-state index contributed by atoms with van der Waals surface area (Å²) < 4.78 is 1.55. The van der Waals surface area contributed by atoms with Crippen LogP contribution in [0.25, 0.3) is 11.0 Å². The smallest absolute Gasteiger partial charge is 0.272 e. The quantitative estimate of drug-likeness (QED) is 0.793. The number of hydrogen-bond acceptors (Lipinski definition) is 4. The number of aromatic nitrogens is 2. The fraction of sp³-hybridized carbons (Fsp3) is 0.571. The zero-order valence-corrected chi connectivity index (χ0v) is 16.7. The Hall–Kier alpha value is -2.21. The number of benzene rings is 1. The van der Waals surface area contributed by atoms with Crippen molar-refractivity contribution in [2.75, 3.05) is 26.2 Å². The lowest BCUT2D eigenvalue weighted by molar-refractivity contribution is -0.121. The van der Waals surface area contributed by atoms with E-state index in [0.29, 0.717) is 12.2 Å². The van der Waals surface area contributed by atoms with E-state index in [-0.39, 0.29) is 18.0 Å². The third-order valence-corrected chi connectivity index (χ3v) is 5.45. The van der Waals surface area contributed by atoms with Gasteiger partial charge in [0.25, 0.3) is 5.56 Å². The van der Waals surface area contributed by atoms with E-state index >= 15 is 0 Å². The van der Waals surface area contributed by atoms with Gasteiger partial charge in [0.2, 0.25) is 5.91 Å². The van der Waals surface area contributed by atoms with Gasteiger partial charge < -0.3 is 10.2 Å². The fourth-order valence-corrected chi connectivity index (χ4v) is 3.69. The van der Waals surface area contributed by atoms with Crippen molar-refractivity contribution in [3.05, 3.63) is 39.3 Å². The van der Waals surface area contributed by atoms with Gasteiger partial charge in [-0.2, -0.15) is 0 Å². The number of amides is 1. The molecule has 1 saturated heterocycles. The van der Waals surface area contributed by atoms with E-state index in [2.05, 4.69) is 15.2 Å². The third-order valence-electron chi connectivity index (χ3n) is 5.45. The second-order valence-electron chi connectivity index (χ2n) is 7.62. The van der Waals surface area contributed by atoms with Crippen LogP contribution in [0.4, 0.5) is 0 Å². The van der Waals surface area contributed by atoms with Crippen LogP contribution in [0.15, 0.2) is 16.9 Å². The van der Waals surface area contributed by atoms with Crippen molar-refractivity contribution in [1.82, 2.24) is 19.8 Å². The summed E-state index contributed by atoms with van der Waals surface area (Å²) in [6.45, 7) is 9.77. The molecular weight excluding hydrogens is 340 g/mol. The van der Waals surface area contributed by atoms with Crippen LogP contribution in [0, 0.1) is 20.8 Å². The first-order valence-corrected chi connectivity index (χ1v) is 9.93. The second kappa shape index (κ2) is 8.65. The maximum atomic E-state index is 12.6. The summed E-state index contributed by atoms with van der Waals surface area (Å²) in [5, 5.41) is 2.96. The van der Waals surface area contributed by atoms with E-state index < -0.39 is 0 Å². The molecule has 2 aromatic rings. The molecule has 0 saturated carbocycles. The van der Waals surface area contributed by atoms with E-state index in [1.165, 1.54) is 32.4 Å². The Morgan fingerprint density at radius 2 is 1.81 bits per heavy atom. The summed E-state index contributed by atoms with van der Waals surface area (Å²) in [6, 6.07) is 3.92. The molecule has 6 nitrogen and oxygen atoms in total. The zero-order chi connectivity index (χ0) is 19.4. The summed E-state index contributed by atoms with van der Waals surface area (Å²) in [4.78, 5) is 31.8. The molecule has 6 heteroatoms. The number of carbonyl (C=O) groups excluding carboxylic acids is 1. The SMILES string of the molecule is Cc1cc2nc(C)c(=O)n(CC(=O)NCCCN3CCCCC3)c2cc1C. The minimum absolute atomic E-state index is 0.0326. The number of aryl methyl sites for hydroxylation is 3. The van der Waals surface area contributed by atoms with Gasteiger partial charge in [-0.25, -0.2) is 4.98 Å². The van der Waals surface area contributed by atoms with Crippen LogP contribution < -0.4 is 10.9 Å². The molecule has 0 aliphatic carbocycles. The van der Waals surface area contributed by atoms with Crippen molar-refractivity contribution in [3.8, 4) is 0 Å². The van der Waals surface area contributed by atoms with Crippen LogP contribution in [-0.2, 0) is 11.3 Å². The van der Waals surface area contributed by atoms with E-state index in [0.717, 1.165) is 35.1 Å². The molecule has 1 fully saturated rings. The first kappa shape index (κ1) is 19.5. The van der Waals surface area contributed by atoms with Gasteiger partial charge in [-0.3, -0.25) is 14.2 Å². The molecule has 1 aliphatic rings. The first-order chi connectivity index (χ1) is 13.0. The van der Waals surface area contributed by atoms with Crippen molar-refractivity contribution >= 4 is 16.9 Å². The van der Waals surface area contributed by atoms with Crippen LogP contribution >= 0.6 is 0 Å². The average Bonchev–Trinajstić information content (AvgIpc) is 2.65. The molecule has 0 atom stereocenters. The van der Waals surface area contributed by atoms with Gasteiger partial charge in [-0.15, -0.1) is 0 Å². The number of likely N-dealkylation sites (tertiary alicyclic amines) is 1. The highest BCUT2D eigenvalue weighted by Gasteiger charge is 2.13. The molecule has 0 unspecified atom stereocenters. The highest BCUT2D eigenvalue weighted by atomic mass is 16.2. The fourth-order valence-electron chi connectivity index (χ4n) is 3.69. The molecule has 1 amide bonds. The maximum Gasteiger partial charge on any atom is 0.272 e. The number of nitrogens with one attached hydrogen (secondary N) is 1. The largest absolute Gasteiger partial charge is 0.355 e. The molecule has 3 rings (SSSR count). The minimum Gasteiger partial charge on any atom is -0.355 e. The Bertz CT molecular complexity index is 882. The number of rotatable bonds is 6. The molecule has 0 bridgehead atoms. The highest BCUT2D eigenvalue weighted by molar-refractivity contribution is 5.81. The third kappa shape index (κ3) is 4.75. The maximum absolute atomic E-state index is 12.6. The van der Waals surface area contributed by atoms with Crippen LogP contribution in [0.2, 0.25) is 0 Å². The van der Waals surface area contributed by atoms with Crippen molar-refractivity contribution in [2.45, 2.75) is 53.0 Å². The Balaban J connectivity index is 1.64. The van der Waals surface area contributed by atoms with Crippen molar-refractivity contribution in [1.29, 1.82) is 0 Å². The molecule has 0 spiro atoms. The van der Waals surface area contributed by atoms with Crippen molar-refractivity contribution < 1.29 is 4.79 Å². The van der Waals surface area contributed by atoms with Gasteiger partial charge in [0.1, 0.15) is 12.2 Å². The lowest BCUT2D eigenvalue weighted by Gasteiger charge is -2.26. The van der Waals surface area contributed by atoms with Crippen molar-refractivity contribution in [2.24, 2.45) is 0 Å². The summed E-state index contributed by atoms with van der Waals surface area (Å²) in [5.41, 5.74) is 3.91. The van der Waals surface area contributed by atoms with Crippen LogP contribution in [0.3, 0.4) is 0 Å². The molecule has 146 valence electrons. The summed E-state index contributed by atoms with van der Waals surface area (Å²) >= 11 is 0. The van der Waals surface area contributed by atoms with E-state index in [1.807, 2.05) is 26.0 Å². The molecule has 2 heterocycles. The van der Waals surface area contributed by atoms with E-state index in [4.69, 9.17) is 0 Å². The average molecular weight is 370 g/mol. The molecule has 1 aromatic heterocycles. The summed E-state index contributed by atoms with van der Waals surface area (Å²) in [6.07, 6.45) is 4.83. The van der Waals surface area contributed by atoms with Crippen LogP contribution in [0.1, 0.15) is 42.5 Å². The van der Waals surface area contributed by atoms with Crippen LogP contribution in [0.5, 0.6) is 0 Å². The zero-order valence-electron chi connectivity index (χ0n) is 16.7. The standard InChI is InChI=1S/C21H30N4O2/c1-15-12-18-19(13-16(15)2)25(21(27)17(3)23-18)14-20(26)22-8-7-11-24-9-5-4-6-10-24/h12-13H,4-11,14H2,1-3H3,(H,22,26). The number of hydrogen-bond donors (Lipinski definition) is 1. The predicted molar refractivity (Wildman–Crippen MR) is 108 cm³/mol. The highest BCUT2D eigenvalue weighted by Crippen LogP contribution is 2.17. The Kier molecular flexibility index (Phi) is 6.26. The van der Waals surface area contributed by atoms with Gasteiger partial charge in [-0.05, 0) is 82.9 Å². The number of piperidine rings is 1. The lowest BCUT2D eigenvalue weighted by atomic mass is 10.1. The van der Waals surface area contributed by atoms with E-state index in [1.54, 1.807) is 11.5 Å². The molecule has 0 radical (unpaired) electrons. The summed E-state index contributed by atoms with van der Waals surface area (Å²) in [5.74, 6) is -0.124. The molecule has 1 aromatic carbocycles. The van der Waals surface area contributed by atoms with Gasteiger partial charge >= 0.3 is 0 Å². The normalized spacial score (nSPS) is 15.2. The number of fused-ring (bicyclic) bond motifs is 1. The summed E-state index contributed by atoms with van der Waals surface area (Å²) in [7, 11) is 0. The monoisotopic (exact) mass is 370 g/mol. The Labute approximate surface area is 160 Å². The van der Waals surface area contributed by atoms with Gasteiger partial charge in [0.05, 0.1) is 11.0 Å². The Morgan fingerprint density at radius 3 is 2.56 bits per heavy atom. The van der Waals surface area contributed by atoms with Gasteiger partial charge in [-0.1, -0.05) is 6.42 Å². The minimum atomic E-state index is -0.200. The van der Waals surface area contributed by atoms with E-state index in [9.17, 15) is 9.59 Å². The number of carbonyl (C=O) groups is 1. The second-order valence-corrected chi connectivity index (χ2v) is 7.62. The molecule has 27 heavy (non-hydrogen) atoms. The molecule has 1 aliphatic heterocycles. The van der Waals surface area contributed by atoms with Gasteiger partial charge in [0.15, 0.2) is 0 Å². The topological polar surface area (TPSA) is 67.2 Å². The first-order valence-electron chi connectivity index (χ1n) is 9.93. The predicted octanol–water partition coefficient (Wildman–Crippen LogP) is 2.31. The number of nitrogens with zero attached hydrogens (tertiary/aromatic N) is 3. The molecular formula is C21H30N4O2. The Morgan fingerprint density at radius 1 is 1.11 bits per heavy atom. The van der Waals surface area contributed by atoms with Crippen LogP contribution in [-0.4, -0.2) is 46.5 Å². The molecule has 1 N–H and O–H groups in total.